The largest absolute Gasteiger partial charge is 0.481 e. The Morgan fingerprint density at radius 1 is 1.45 bits per heavy atom. The number of carbonyl (C=O) groups excluding carboxylic acids is 1. The third-order valence-corrected chi connectivity index (χ3v) is 4.89. The first kappa shape index (κ1) is 15.0. The SMILES string of the molecule is CCN(C(=O)c1cc(C)c(C)s1)C1COCC1C(=O)O. The van der Waals surface area contributed by atoms with Crippen LogP contribution in [-0.2, 0) is 9.53 Å². The molecule has 1 fully saturated rings. The van der Waals surface area contributed by atoms with Crippen molar-refractivity contribution in [2.45, 2.75) is 26.8 Å². The Labute approximate surface area is 122 Å². The summed E-state index contributed by atoms with van der Waals surface area (Å²) in [7, 11) is 0. The Bertz CT molecular complexity index is 506. The van der Waals surface area contributed by atoms with E-state index in [4.69, 9.17) is 4.74 Å². The number of nitrogens with zero attached hydrogens (tertiary/aromatic N) is 1. The van der Waals surface area contributed by atoms with Gasteiger partial charge in [0.2, 0.25) is 0 Å². The van der Waals surface area contributed by atoms with Gasteiger partial charge in [-0.15, -0.1) is 11.3 Å². The number of ether oxygens (including phenoxy) is 1. The van der Waals surface area contributed by atoms with E-state index in [1.807, 2.05) is 26.8 Å². The first-order valence-electron chi connectivity index (χ1n) is 6.64. The molecule has 1 aromatic heterocycles. The fraction of sp³-hybridized carbons (Fsp3) is 0.571. The molecular weight excluding hydrogens is 278 g/mol. The maximum atomic E-state index is 12.6. The molecule has 0 aliphatic carbocycles. The zero-order valence-corrected chi connectivity index (χ0v) is 12.7. The second kappa shape index (κ2) is 5.93. The molecule has 1 saturated heterocycles. The molecule has 1 amide bonds. The molecule has 1 N–H and O–H groups in total. The monoisotopic (exact) mass is 297 g/mol. The number of aryl methyl sites for hydroxylation is 2. The molecule has 2 heterocycles. The van der Waals surface area contributed by atoms with Crippen LogP contribution in [0, 0.1) is 19.8 Å². The van der Waals surface area contributed by atoms with Crippen molar-refractivity contribution in [1.82, 2.24) is 4.90 Å². The van der Waals surface area contributed by atoms with Gasteiger partial charge in [0.15, 0.2) is 0 Å². The standard InChI is InChI=1S/C14H19NO4S/c1-4-15(11-7-19-6-10(11)14(17)18)13(16)12-5-8(2)9(3)20-12/h5,10-11H,4,6-7H2,1-3H3,(H,17,18). The van der Waals surface area contributed by atoms with Gasteiger partial charge in [-0.05, 0) is 32.4 Å². The Balaban J connectivity index is 2.23. The number of rotatable bonds is 4. The number of carboxylic acids is 1. The Kier molecular flexibility index (Phi) is 4.45. The highest BCUT2D eigenvalue weighted by molar-refractivity contribution is 7.14. The van der Waals surface area contributed by atoms with Crippen LogP contribution in [0.15, 0.2) is 6.07 Å². The van der Waals surface area contributed by atoms with E-state index < -0.39 is 11.9 Å². The van der Waals surface area contributed by atoms with E-state index in [0.717, 1.165) is 10.4 Å². The van der Waals surface area contributed by atoms with Crippen LogP contribution in [-0.4, -0.2) is 47.7 Å². The van der Waals surface area contributed by atoms with Gasteiger partial charge in [0.05, 0.1) is 24.1 Å². The van der Waals surface area contributed by atoms with Crippen LogP contribution >= 0.6 is 11.3 Å². The predicted octanol–water partition coefficient (Wildman–Crippen LogP) is 1.93. The smallest absolute Gasteiger partial charge is 0.311 e. The van der Waals surface area contributed by atoms with Crippen LogP contribution in [0.5, 0.6) is 0 Å². The van der Waals surface area contributed by atoms with Crippen LogP contribution in [0.2, 0.25) is 0 Å². The minimum Gasteiger partial charge on any atom is -0.481 e. The summed E-state index contributed by atoms with van der Waals surface area (Å²) in [6, 6.07) is 1.49. The van der Waals surface area contributed by atoms with Crippen LogP contribution in [0.1, 0.15) is 27.0 Å². The summed E-state index contributed by atoms with van der Waals surface area (Å²) in [6.45, 7) is 6.75. The molecule has 1 aliphatic rings. The van der Waals surface area contributed by atoms with E-state index in [-0.39, 0.29) is 18.6 Å². The summed E-state index contributed by atoms with van der Waals surface area (Å²) in [5.41, 5.74) is 1.09. The molecule has 0 bridgehead atoms. The molecule has 6 heteroatoms. The van der Waals surface area contributed by atoms with E-state index in [9.17, 15) is 14.7 Å². The quantitative estimate of drug-likeness (QED) is 0.922. The van der Waals surface area contributed by atoms with Crippen LogP contribution in [0.4, 0.5) is 0 Å². The number of aliphatic carboxylic acids is 1. The van der Waals surface area contributed by atoms with Crippen molar-refractivity contribution in [3.8, 4) is 0 Å². The third kappa shape index (κ3) is 2.71. The number of thiophene rings is 1. The van der Waals surface area contributed by atoms with Gasteiger partial charge in [0, 0.05) is 11.4 Å². The van der Waals surface area contributed by atoms with E-state index in [1.165, 1.54) is 11.3 Å². The number of likely N-dealkylation sites (N-methyl/N-ethyl adjacent to an activating group) is 1. The highest BCUT2D eigenvalue weighted by Gasteiger charge is 2.39. The molecule has 2 atom stereocenters. The van der Waals surface area contributed by atoms with Crippen molar-refractivity contribution in [2.75, 3.05) is 19.8 Å². The molecule has 0 saturated carbocycles. The zero-order chi connectivity index (χ0) is 14.9. The second-order valence-electron chi connectivity index (χ2n) is 4.99. The lowest BCUT2D eigenvalue weighted by atomic mass is 10.0. The number of amides is 1. The topological polar surface area (TPSA) is 66.8 Å². The molecule has 5 nitrogen and oxygen atoms in total. The lowest BCUT2D eigenvalue weighted by molar-refractivity contribution is -0.142. The first-order chi connectivity index (χ1) is 9.45. The van der Waals surface area contributed by atoms with Crippen molar-refractivity contribution >= 4 is 23.2 Å². The fourth-order valence-electron chi connectivity index (χ4n) is 2.43. The number of hydrogen-bond acceptors (Lipinski definition) is 4. The van der Waals surface area contributed by atoms with Crippen molar-refractivity contribution in [2.24, 2.45) is 5.92 Å². The summed E-state index contributed by atoms with van der Waals surface area (Å²) in [6.07, 6.45) is 0. The van der Waals surface area contributed by atoms with Gasteiger partial charge in [0.25, 0.3) is 5.91 Å². The molecule has 1 aliphatic heterocycles. The minimum absolute atomic E-state index is 0.101. The zero-order valence-electron chi connectivity index (χ0n) is 11.9. The molecule has 2 unspecified atom stereocenters. The van der Waals surface area contributed by atoms with Gasteiger partial charge in [-0.25, -0.2) is 0 Å². The molecule has 0 radical (unpaired) electrons. The Hall–Kier alpha value is -1.40. The normalized spacial score (nSPS) is 21.9. The molecule has 0 aromatic carbocycles. The summed E-state index contributed by atoms with van der Waals surface area (Å²) >= 11 is 1.46. The number of carbonyl (C=O) groups is 2. The van der Waals surface area contributed by atoms with Gasteiger partial charge in [0.1, 0.15) is 5.92 Å². The van der Waals surface area contributed by atoms with Crippen molar-refractivity contribution in [1.29, 1.82) is 0 Å². The Morgan fingerprint density at radius 2 is 2.15 bits per heavy atom. The van der Waals surface area contributed by atoms with Crippen molar-refractivity contribution in [3.05, 3.63) is 21.4 Å². The van der Waals surface area contributed by atoms with E-state index >= 15 is 0 Å². The van der Waals surface area contributed by atoms with Crippen LogP contribution in [0.3, 0.4) is 0 Å². The van der Waals surface area contributed by atoms with Gasteiger partial charge in [-0.1, -0.05) is 0 Å². The predicted molar refractivity (Wildman–Crippen MR) is 76.2 cm³/mol. The molecular formula is C14H19NO4S. The van der Waals surface area contributed by atoms with Crippen LogP contribution < -0.4 is 0 Å². The summed E-state index contributed by atoms with van der Waals surface area (Å²) in [5, 5.41) is 9.21. The summed E-state index contributed by atoms with van der Waals surface area (Å²) < 4.78 is 5.26. The lowest BCUT2D eigenvalue weighted by Gasteiger charge is -2.28. The minimum atomic E-state index is -0.905. The maximum Gasteiger partial charge on any atom is 0.311 e. The number of carboxylic acid groups (broad SMARTS) is 1. The second-order valence-corrected chi connectivity index (χ2v) is 6.25. The average molecular weight is 297 g/mol. The van der Waals surface area contributed by atoms with Crippen LogP contribution in [0.25, 0.3) is 0 Å². The first-order valence-corrected chi connectivity index (χ1v) is 7.45. The van der Waals surface area contributed by atoms with Crippen molar-refractivity contribution in [3.63, 3.8) is 0 Å². The summed E-state index contributed by atoms with van der Waals surface area (Å²) in [4.78, 5) is 27.2. The highest BCUT2D eigenvalue weighted by Crippen LogP contribution is 2.26. The number of hydrogen-bond donors (Lipinski definition) is 1. The molecule has 2 rings (SSSR count). The maximum absolute atomic E-state index is 12.6. The van der Waals surface area contributed by atoms with Gasteiger partial charge in [-0.2, -0.15) is 0 Å². The van der Waals surface area contributed by atoms with E-state index in [2.05, 4.69) is 0 Å². The highest BCUT2D eigenvalue weighted by atomic mass is 32.1. The third-order valence-electron chi connectivity index (χ3n) is 3.75. The summed E-state index contributed by atoms with van der Waals surface area (Å²) in [5.74, 6) is -1.64. The van der Waals surface area contributed by atoms with Gasteiger partial charge in [-0.3, -0.25) is 9.59 Å². The van der Waals surface area contributed by atoms with E-state index in [0.29, 0.717) is 18.0 Å². The molecule has 20 heavy (non-hydrogen) atoms. The van der Waals surface area contributed by atoms with E-state index in [1.54, 1.807) is 4.90 Å². The van der Waals surface area contributed by atoms with Crippen molar-refractivity contribution < 1.29 is 19.4 Å². The molecule has 110 valence electrons. The van der Waals surface area contributed by atoms with Gasteiger partial charge >= 0.3 is 5.97 Å². The Morgan fingerprint density at radius 3 is 2.65 bits per heavy atom. The lowest BCUT2D eigenvalue weighted by Crippen LogP contribution is -2.46. The van der Waals surface area contributed by atoms with Gasteiger partial charge < -0.3 is 14.7 Å². The fourth-order valence-corrected chi connectivity index (χ4v) is 3.42. The molecule has 0 spiro atoms. The average Bonchev–Trinajstić information content (AvgIpc) is 2.98. The molecule has 1 aromatic rings.